The Hall–Kier alpha value is -3.95. The van der Waals surface area contributed by atoms with E-state index in [-0.39, 0.29) is 25.9 Å². The van der Waals surface area contributed by atoms with Crippen LogP contribution in [0.2, 0.25) is 0 Å². The summed E-state index contributed by atoms with van der Waals surface area (Å²) in [6.45, 7) is 3.41. The lowest BCUT2D eigenvalue weighted by Gasteiger charge is -2.46. The number of aliphatic carboxylic acids is 4. The van der Waals surface area contributed by atoms with Gasteiger partial charge in [-0.05, 0) is 39.5 Å². The molecule has 0 aromatic rings. The monoisotopic (exact) mass is 663 g/mol. The van der Waals surface area contributed by atoms with Gasteiger partial charge < -0.3 is 61.4 Å². The molecule has 0 radical (unpaired) electrons. The summed E-state index contributed by atoms with van der Waals surface area (Å²) in [6, 6.07) is -6.88. The van der Waals surface area contributed by atoms with Crippen molar-refractivity contribution in [1.82, 2.24) is 21.3 Å². The number of nitrogens with one attached hydrogen (secondary N) is 4. The SMILES string of the molecule is CC(=O)N[C@@H]1[C@@H](O[C@H](C)C(=O)O)[C@H](O)[C@H]2CO[C@]1(N[C@@H](C)C(=O)N[C@H](CCC(=O)N[C@@H](CCC[C@H](N)C(=O)O)C(=O)O)C(=O)O)O2. The Morgan fingerprint density at radius 2 is 1.52 bits per heavy atom. The summed E-state index contributed by atoms with van der Waals surface area (Å²) in [5, 5.41) is 57.6. The number of hydrogen-bond donors (Lipinski definition) is 10. The maximum absolute atomic E-state index is 13.1. The Labute approximate surface area is 262 Å². The first-order chi connectivity index (χ1) is 21.4. The van der Waals surface area contributed by atoms with Gasteiger partial charge in [-0.3, -0.25) is 24.5 Å². The highest BCUT2D eigenvalue weighted by Gasteiger charge is 2.62. The number of aliphatic hydroxyl groups excluding tert-OH is 1. The van der Waals surface area contributed by atoms with Gasteiger partial charge in [-0.2, -0.15) is 0 Å². The second-order valence-corrected chi connectivity index (χ2v) is 11.0. The molecule has 2 bridgehead atoms. The molecule has 11 N–H and O–H groups in total. The van der Waals surface area contributed by atoms with E-state index in [4.69, 9.17) is 25.1 Å². The first kappa shape index (κ1) is 38.2. The van der Waals surface area contributed by atoms with Crippen molar-refractivity contribution in [3.63, 3.8) is 0 Å². The second-order valence-electron chi connectivity index (χ2n) is 11.0. The van der Waals surface area contributed by atoms with Gasteiger partial charge in [0.25, 0.3) is 5.91 Å². The standard InChI is InChI=1S/C26H41N5O15/c1-10(31-26-20(28-12(3)32)19(45-11(2)22(36)37)18(34)16(46-26)9-44-26)21(35)30-15(25(42)43)7-8-17(33)29-14(24(40)41)6-4-5-13(27)23(38)39/h10-11,13-16,18-20,31,34H,4-9,27H2,1-3H3,(H,28,32)(H,29,33)(H,30,35)(H,36,37)(H,38,39)(H,40,41)(H,42,43)/t10-,11+,13-,14-,15+,16+,18+,19-,20+,26-/m0/s1. The van der Waals surface area contributed by atoms with Crippen LogP contribution < -0.4 is 27.0 Å². The maximum atomic E-state index is 13.1. The molecule has 0 aromatic carbocycles. The molecule has 2 saturated heterocycles. The summed E-state index contributed by atoms with van der Waals surface area (Å²) >= 11 is 0. The Morgan fingerprint density at radius 1 is 0.913 bits per heavy atom. The molecule has 0 aliphatic carbocycles. The van der Waals surface area contributed by atoms with Gasteiger partial charge in [-0.25, -0.2) is 14.4 Å². The molecule has 2 aliphatic rings. The first-order valence-corrected chi connectivity index (χ1v) is 14.3. The van der Waals surface area contributed by atoms with E-state index in [1.165, 1.54) is 13.8 Å². The average Bonchev–Trinajstić information content (AvgIpc) is 3.35. The van der Waals surface area contributed by atoms with Crippen molar-refractivity contribution in [3.05, 3.63) is 0 Å². The number of hydrogen-bond acceptors (Lipinski definition) is 13. The molecule has 20 heteroatoms. The zero-order chi connectivity index (χ0) is 34.9. The van der Waals surface area contributed by atoms with Crippen LogP contribution in [-0.2, 0) is 47.8 Å². The Kier molecular flexibility index (Phi) is 13.8. The molecule has 20 nitrogen and oxygen atoms in total. The number of aliphatic hydroxyl groups is 1. The summed E-state index contributed by atoms with van der Waals surface area (Å²) in [6.07, 6.45) is -6.31. The number of fused-ring (bicyclic) bond motifs is 2. The molecule has 2 aliphatic heterocycles. The van der Waals surface area contributed by atoms with E-state index < -0.39 is 115 Å². The smallest absolute Gasteiger partial charge is 0.332 e. The van der Waals surface area contributed by atoms with E-state index in [0.717, 1.165) is 6.92 Å². The predicted molar refractivity (Wildman–Crippen MR) is 150 cm³/mol. The topological polar surface area (TPSA) is 322 Å². The van der Waals surface area contributed by atoms with Gasteiger partial charge in [-0.1, -0.05) is 0 Å². The normalized spacial score (nSPS) is 26.9. The highest BCUT2D eigenvalue weighted by molar-refractivity contribution is 5.88. The zero-order valence-corrected chi connectivity index (χ0v) is 25.3. The van der Waals surface area contributed by atoms with E-state index in [9.17, 15) is 54.0 Å². The summed E-state index contributed by atoms with van der Waals surface area (Å²) in [5.74, 6) is -9.91. The minimum Gasteiger partial charge on any atom is -0.480 e. The maximum Gasteiger partial charge on any atom is 0.332 e. The minimum absolute atomic E-state index is 0.0341. The van der Waals surface area contributed by atoms with Gasteiger partial charge in [-0.15, -0.1) is 0 Å². The van der Waals surface area contributed by atoms with Gasteiger partial charge in [0.05, 0.1) is 12.6 Å². The number of carbonyl (C=O) groups excluding carboxylic acids is 3. The number of carboxylic acid groups (broad SMARTS) is 4. The van der Waals surface area contributed by atoms with E-state index in [1.54, 1.807) is 0 Å². The molecule has 0 unspecified atom stereocenters. The molecule has 0 spiro atoms. The third-order valence-corrected chi connectivity index (χ3v) is 7.36. The van der Waals surface area contributed by atoms with Gasteiger partial charge in [0.15, 0.2) is 6.10 Å². The van der Waals surface area contributed by atoms with E-state index in [2.05, 4.69) is 21.3 Å². The number of carbonyl (C=O) groups is 7. The van der Waals surface area contributed by atoms with Crippen LogP contribution in [-0.4, -0.2) is 134 Å². The summed E-state index contributed by atoms with van der Waals surface area (Å²) in [7, 11) is 0. The van der Waals surface area contributed by atoms with Crippen LogP contribution in [0.1, 0.15) is 52.9 Å². The molecule has 10 atom stereocenters. The van der Waals surface area contributed by atoms with Gasteiger partial charge in [0.2, 0.25) is 17.7 Å². The number of nitrogens with two attached hydrogens (primary N) is 1. The molecule has 0 saturated carbocycles. The van der Waals surface area contributed by atoms with Crippen LogP contribution in [0.3, 0.4) is 0 Å². The molecule has 0 aromatic heterocycles. The van der Waals surface area contributed by atoms with Crippen molar-refractivity contribution in [2.45, 2.75) is 113 Å². The quantitative estimate of drug-likeness (QED) is 0.0635. The van der Waals surface area contributed by atoms with Crippen LogP contribution in [0.4, 0.5) is 0 Å². The average molecular weight is 664 g/mol. The molecule has 2 fully saturated rings. The third kappa shape index (κ3) is 10.3. The highest BCUT2D eigenvalue weighted by atomic mass is 16.8. The van der Waals surface area contributed by atoms with Gasteiger partial charge in [0.1, 0.15) is 42.5 Å². The minimum atomic E-state index is -2.01. The molecule has 3 amide bonds. The number of amides is 3. The van der Waals surface area contributed by atoms with Gasteiger partial charge >= 0.3 is 23.9 Å². The Morgan fingerprint density at radius 3 is 2.07 bits per heavy atom. The van der Waals surface area contributed by atoms with Crippen LogP contribution >= 0.6 is 0 Å². The molecule has 46 heavy (non-hydrogen) atoms. The van der Waals surface area contributed by atoms with Crippen molar-refractivity contribution in [1.29, 1.82) is 0 Å². The van der Waals surface area contributed by atoms with Crippen LogP contribution in [0, 0.1) is 0 Å². The predicted octanol–water partition coefficient (Wildman–Crippen LogP) is -3.73. The molecule has 2 rings (SSSR count). The van der Waals surface area contributed by atoms with Crippen molar-refractivity contribution >= 4 is 41.6 Å². The van der Waals surface area contributed by atoms with Crippen LogP contribution in [0.25, 0.3) is 0 Å². The van der Waals surface area contributed by atoms with E-state index in [1.807, 2.05) is 0 Å². The van der Waals surface area contributed by atoms with Crippen LogP contribution in [0.15, 0.2) is 0 Å². The molecular formula is C26H41N5O15. The Bertz CT molecular complexity index is 1170. The van der Waals surface area contributed by atoms with Crippen molar-refractivity contribution in [3.8, 4) is 0 Å². The Balaban J connectivity index is 2.06. The fourth-order valence-electron chi connectivity index (χ4n) is 4.86. The molecule has 260 valence electrons. The lowest BCUT2D eigenvalue weighted by molar-refractivity contribution is -0.283. The summed E-state index contributed by atoms with van der Waals surface area (Å²) < 4.78 is 17.0. The highest BCUT2D eigenvalue weighted by Crippen LogP contribution is 2.37. The lowest BCUT2D eigenvalue weighted by atomic mass is 9.94. The van der Waals surface area contributed by atoms with Crippen molar-refractivity contribution in [2.24, 2.45) is 5.73 Å². The second kappa shape index (κ2) is 16.6. The lowest BCUT2D eigenvalue weighted by Crippen LogP contribution is -2.74. The summed E-state index contributed by atoms with van der Waals surface area (Å²) in [4.78, 5) is 83.1. The van der Waals surface area contributed by atoms with Crippen molar-refractivity contribution < 1.29 is 73.3 Å². The largest absolute Gasteiger partial charge is 0.480 e. The number of ether oxygens (including phenoxy) is 3. The third-order valence-electron chi connectivity index (χ3n) is 7.36. The fraction of sp³-hybridized carbons (Fsp3) is 0.731. The van der Waals surface area contributed by atoms with Gasteiger partial charge in [0, 0.05) is 13.3 Å². The van der Waals surface area contributed by atoms with Crippen molar-refractivity contribution in [2.75, 3.05) is 6.61 Å². The molecule has 2 heterocycles. The number of rotatable bonds is 19. The zero-order valence-electron chi connectivity index (χ0n) is 25.3. The molecular weight excluding hydrogens is 622 g/mol. The summed E-state index contributed by atoms with van der Waals surface area (Å²) in [5.41, 5.74) is 5.39. The van der Waals surface area contributed by atoms with E-state index >= 15 is 0 Å². The first-order valence-electron chi connectivity index (χ1n) is 14.3. The van der Waals surface area contributed by atoms with Crippen LogP contribution in [0.5, 0.6) is 0 Å². The fourth-order valence-corrected chi connectivity index (χ4v) is 4.86. The number of carboxylic acids is 4. The van der Waals surface area contributed by atoms with E-state index in [0.29, 0.717) is 0 Å².